The Morgan fingerprint density at radius 1 is 0.938 bits per heavy atom. The van der Waals surface area contributed by atoms with Gasteiger partial charge in [-0.15, -0.1) is 0 Å². The van der Waals surface area contributed by atoms with Crippen LogP contribution in [0.2, 0.25) is 10.0 Å². The van der Waals surface area contributed by atoms with Crippen LogP contribution in [-0.4, -0.2) is 6.29 Å². The van der Waals surface area contributed by atoms with E-state index in [4.69, 9.17) is 23.2 Å². The van der Waals surface area contributed by atoms with Crippen molar-refractivity contribution in [2.45, 2.75) is 0 Å². The maximum atomic E-state index is 10.7. The monoisotopic (exact) mass is 250 g/mol. The molecule has 2 rings (SSSR count). The number of halogens is 2. The molecule has 0 bridgehead atoms. The normalized spacial score (nSPS) is 10.1. The van der Waals surface area contributed by atoms with Crippen LogP contribution in [0, 0.1) is 0 Å². The van der Waals surface area contributed by atoms with Crippen molar-refractivity contribution in [1.29, 1.82) is 0 Å². The van der Waals surface area contributed by atoms with E-state index in [1.165, 1.54) is 0 Å². The lowest BCUT2D eigenvalue weighted by Crippen LogP contribution is -1.84. The Morgan fingerprint density at radius 3 is 2.25 bits per heavy atom. The lowest BCUT2D eigenvalue weighted by atomic mass is 10.0. The van der Waals surface area contributed by atoms with Gasteiger partial charge in [0, 0.05) is 21.2 Å². The van der Waals surface area contributed by atoms with Crippen LogP contribution in [0.25, 0.3) is 11.1 Å². The Hall–Kier alpha value is -1.31. The Labute approximate surface area is 104 Å². The lowest BCUT2D eigenvalue weighted by Gasteiger charge is -2.05. The van der Waals surface area contributed by atoms with E-state index in [0.717, 1.165) is 17.4 Å². The summed E-state index contributed by atoms with van der Waals surface area (Å²) in [6.07, 6.45) is 0.801. The molecule has 0 N–H and O–H groups in total. The average molecular weight is 251 g/mol. The second-order valence-corrected chi connectivity index (χ2v) is 4.21. The highest BCUT2D eigenvalue weighted by molar-refractivity contribution is 6.33. The molecule has 0 aliphatic rings. The number of carbonyl (C=O) groups is 1. The molecule has 0 spiro atoms. The average Bonchev–Trinajstić information content (AvgIpc) is 2.31. The summed E-state index contributed by atoms with van der Waals surface area (Å²) in [5, 5.41) is 1.29. The molecule has 0 saturated heterocycles. The zero-order valence-corrected chi connectivity index (χ0v) is 9.79. The first-order chi connectivity index (χ1) is 7.70. The van der Waals surface area contributed by atoms with E-state index in [0.29, 0.717) is 15.6 Å². The molecule has 16 heavy (non-hydrogen) atoms. The molecule has 0 amide bonds. The number of aldehydes is 1. The summed E-state index contributed by atoms with van der Waals surface area (Å²) in [6, 6.07) is 12.5. The van der Waals surface area contributed by atoms with Crippen LogP contribution in [0.5, 0.6) is 0 Å². The van der Waals surface area contributed by atoms with Gasteiger partial charge in [0.15, 0.2) is 0 Å². The van der Waals surface area contributed by atoms with Gasteiger partial charge in [-0.1, -0.05) is 41.4 Å². The van der Waals surface area contributed by atoms with Crippen LogP contribution < -0.4 is 0 Å². The summed E-state index contributed by atoms with van der Waals surface area (Å²) in [5.74, 6) is 0. The summed E-state index contributed by atoms with van der Waals surface area (Å²) in [4.78, 5) is 10.7. The first kappa shape index (κ1) is 11.2. The van der Waals surface area contributed by atoms with Crippen molar-refractivity contribution in [3.05, 3.63) is 58.1 Å². The zero-order valence-electron chi connectivity index (χ0n) is 8.28. The van der Waals surface area contributed by atoms with Gasteiger partial charge < -0.3 is 0 Å². The molecular weight excluding hydrogens is 243 g/mol. The minimum atomic E-state index is 0.606. The molecule has 0 fully saturated rings. The predicted molar refractivity (Wildman–Crippen MR) is 67.3 cm³/mol. The maximum Gasteiger partial charge on any atom is 0.150 e. The highest BCUT2D eigenvalue weighted by Crippen LogP contribution is 2.29. The molecule has 0 aromatic heterocycles. The van der Waals surface area contributed by atoms with E-state index in [-0.39, 0.29) is 0 Å². The first-order valence-electron chi connectivity index (χ1n) is 4.71. The number of benzene rings is 2. The molecule has 0 heterocycles. The minimum Gasteiger partial charge on any atom is -0.298 e. The van der Waals surface area contributed by atoms with E-state index in [9.17, 15) is 4.79 Å². The Morgan fingerprint density at radius 2 is 1.62 bits per heavy atom. The molecular formula is C13H8Cl2O. The van der Waals surface area contributed by atoms with E-state index in [2.05, 4.69) is 0 Å². The van der Waals surface area contributed by atoms with Gasteiger partial charge in [-0.2, -0.15) is 0 Å². The second-order valence-electron chi connectivity index (χ2n) is 3.36. The Bertz CT molecular complexity index is 518. The van der Waals surface area contributed by atoms with E-state index >= 15 is 0 Å². The number of carbonyl (C=O) groups excluding carboxylic acids is 1. The number of hydrogen-bond donors (Lipinski definition) is 0. The van der Waals surface area contributed by atoms with Crippen molar-refractivity contribution in [2.24, 2.45) is 0 Å². The first-order valence-corrected chi connectivity index (χ1v) is 5.47. The summed E-state index contributed by atoms with van der Waals surface area (Å²) < 4.78 is 0. The van der Waals surface area contributed by atoms with Gasteiger partial charge in [-0.05, 0) is 29.8 Å². The third-order valence-corrected chi connectivity index (χ3v) is 2.86. The van der Waals surface area contributed by atoms with Gasteiger partial charge in [0.25, 0.3) is 0 Å². The number of rotatable bonds is 2. The van der Waals surface area contributed by atoms with Gasteiger partial charge in [0.1, 0.15) is 6.29 Å². The molecule has 0 aliphatic carbocycles. The molecule has 80 valence electrons. The standard InChI is InChI=1S/C13H8Cl2O/c14-11-4-2-10(3-5-11)12-7-9(8-16)1-6-13(12)15/h1-8H. The molecule has 1 nitrogen and oxygen atoms in total. The van der Waals surface area contributed by atoms with Gasteiger partial charge in [0.05, 0.1) is 0 Å². The fraction of sp³-hybridized carbons (Fsp3) is 0. The van der Waals surface area contributed by atoms with Gasteiger partial charge in [0.2, 0.25) is 0 Å². The van der Waals surface area contributed by atoms with E-state index < -0.39 is 0 Å². The van der Waals surface area contributed by atoms with Gasteiger partial charge >= 0.3 is 0 Å². The molecule has 0 saturated carbocycles. The lowest BCUT2D eigenvalue weighted by molar-refractivity contribution is 0.112. The topological polar surface area (TPSA) is 17.1 Å². The highest BCUT2D eigenvalue weighted by Gasteiger charge is 2.04. The highest BCUT2D eigenvalue weighted by atomic mass is 35.5. The largest absolute Gasteiger partial charge is 0.298 e. The van der Waals surface area contributed by atoms with Crippen molar-refractivity contribution in [3.63, 3.8) is 0 Å². The summed E-state index contributed by atoms with van der Waals surface area (Å²) in [7, 11) is 0. The van der Waals surface area contributed by atoms with Gasteiger partial charge in [-0.25, -0.2) is 0 Å². The SMILES string of the molecule is O=Cc1ccc(Cl)c(-c2ccc(Cl)cc2)c1. The van der Waals surface area contributed by atoms with Crippen molar-refractivity contribution in [1.82, 2.24) is 0 Å². The molecule has 2 aromatic rings. The quantitative estimate of drug-likeness (QED) is 0.719. The molecule has 0 atom stereocenters. The van der Waals surface area contributed by atoms with Crippen LogP contribution >= 0.6 is 23.2 Å². The van der Waals surface area contributed by atoms with Crippen LogP contribution in [0.4, 0.5) is 0 Å². The zero-order chi connectivity index (χ0) is 11.5. The third kappa shape index (κ3) is 2.26. The van der Waals surface area contributed by atoms with Crippen LogP contribution in [0.1, 0.15) is 10.4 Å². The summed E-state index contributed by atoms with van der Waals surface area (Å²) in [5.41, 5.74) is 2.38. The number of hydrogen-bond acceptors (Lipinski definition) is 1. The fourth-order valence-corrected chi connectivity index (χ4v) is 1.82. The van der Waals surface area contributed by atoms with Crippen molar-refractivity contribution in [2.75, 3.05) is 0 Å². The molecule has 0 radical (unpaired) electrons. The Kier molecular flexibility index (Phi) is 3.28. The maximum absolute atomic E-state index is 10.7. The van der Waals surface area contributed by atoms with E-state index in [1.807, 2.05) is 12.1 Å². The van der Waals surface area contributed by atoms with Crippen LogP contribution in [-0.2, 0) is 0 Å². The van der Waals surface area contributed by atoms with Gasteiger partial charge in [-0.3, -0.25) is 4.79 Å². The second kappa shape index (κ2) is 4.69. The smallest absolute Gasteiger partial charge is 0.150 e. The third-order valence-electron chi connectivity index (χ3n) is 2.28. The van der Waals surface area contributed by atoms with Crippen LogP contribution in [0.15, 0.2) is 42.5 Å². The molecule has 2 aromatic carbocycles. The Balaban J connectivity index is 2.54. The van der Waals surface area contributed by atoms with Crippen molar-refractivity contribution < 1.29 is 4.79 Å². The predicted octanol–water partition coefficient (Wildman–Crippen LogP) is 4.47. The van der Waals surface area contributed by atoms with E-state index in [1.54, 1.807) is 30.3 Å². The van der Waals surface area contributed by atoms with Crippen molar-refractivity contribution >= 4 is 29.5 Å². The summed E-state index contributed by atoms with van der Waals surface area (Å²) >= 11 is 11.9. The molecule has 0 aliphatic heterocycles. The minimum absolute atomic E-state index is 0.606. The molecule has 0 unspecified atom stereocenters. The molecule has 3 heteroatoms. The van der Waals surface area contributed by atoms with Crippen LogP contribution in [0.3, 0.4) is 0 Å². The van der Waals surface area contributed by atoms with Crippen molar-refractivity contribution in [3.8, 4) is 11.1 Å². The fourth-order valence-electron chi connectivity index (χ4n) is 1.47. The summed E-state index contributed by atoms with van der Waals surface area (Å²) in [6.45, 7) is 0.